The van der Waals surface area contributed by atoms with Gasteiger partial charge in [-0.25, -0.2) is 0 Å². The lowest BCUT2D eigenvalue weighted by Gasteiger charge is -2.16. The summed E-state index contributed by atoms with van der Waals surface area (Å²) in [7, 11) is 0. The molecule has 0 bridgehead atoms. The van der Waals surface area contributed by atoms with E-state index in [1.807, 2.05) is 0 Å². The summed E-state index contributed by atoms with van der Waals surface area (Å²) in [5, 5.41) is 17.9. The first-order chi connectivity index (χ1) is 6.44. The zero-order valence-electron chi connectivity index (χ0n) is 7.51. The Balaban J connectivity index is 2.72. The van der Waals surface area contributed by atoms with Crippen molar-refractivity contribution >= 4 is 28.5 Å². The quantitative estimate of drug-likeness (QED) is 0.688. The first-order valence-electron chi connectivity index (χ1n) is 3.64. The van der Waals surface area contributed by atoms with Gasteiger partial charge < -0.3 is 5.11 Å². The summed E-state index contributed by atoms with van der Waals surface area (Å²) < 4.78 is 3.42. The lowest BCUT2D eigenvalue weighted by Crippen LogP contribution is -2.37. The van der Waals surface area contributed by atoms with E-state index >= 15 is 0 Å². The summed E-state index contributed by atoms with van der Waals surface area (Å²) in [4.78, 5) is 22.1. The molecule has 0 fully saturated rings. The second kappa shape index (κ2) is 3.66. The van der Waals surface area contributed by atoms with Gasteiger partial charge in [0, 0.05) is 11.5 Å². The number of carbonyl (C=O) groups excluding carboxylic acids is 1. The van der Waals surface area contributed by atoms with E-state index in [4.69, 9.17) is 5.11 Å². The van der Waals surface area contributed by atoms with Gasteiger partial charge in [-0.05, 0) is 19.1 Å². The Bertz CT molecular complexity index is 348. The minimum absolute atomic E-state index is 0.185. The lowest BCUT2D eigenvalue weighted by molar-refractivity contribution is -0.151. The molecule has 0 aliphatic carbocycles. The molecule has 0 aliphatic heterocycles. The van der Waals surface area contributed by atoms with Crippen LogP contribution in [0.1, 0.15) is 13.8 Å². The minimum Gasteiger partial charge on any atom is -0.480 e. The van der Waals surface area contributed by atoms with Gasteiger partial charge in [-0.15, -0.1) is 0 Å². The van der Waals surface area contributed by atoms with Crippen LogP contribution < -0.4 is 5.32 Å². The molecule has 76 valence electrons. The summed E-state index contributed by atoms with van der Waals surface area (Å²) in [5.41, 5.74) is -1.49. The summed E-state index contributed by atoms with van der Waals surface area (Å²) >= 11 is 0.882. The number of nitrogens with zero attached hydrogens (tertiary/aromatic N) is 3. The fourth-order valence-corrected chi connectivity index (χ4v) is 0.894. The molecule has 0 spiro atoms. The second-order valence-corrected chi connectivity index (χ2v) is 3.78. The first-order valence-corrected chi connectivity index (χ1v) is 4.42. The maximum absolute atomic E-state index is 11.4. The highest BCUT2D eigenvalue weighted by Crippen LogP contribution is 2.18. The molecule has 2 N–H and O–H groups in total. The monoisotopic (exact) mass is 216 g/mol. The van der Waals surface area contributed by atoms with Crippen LogP contribution in [0.5, 0.6) is 0 Å². The molecule has 1 aromatic rings. The molecule has 14 heavy (non-hydrogen) atoms. The largest absolute Gasteiger partial charge is 0.480 e. The van der Waals surface area contributed by atoms with E-state index < -0.39 is 17.3 Å². The second-order valence-electron chi connectivity index (χ2n) is 3.05. The number of hydrogen-bond acceptors (Lipinski definition) is 6. The molecule has 0 radical (unpaired) electrons. The van der Waals surface area contributed by atoms with Crippen molar-refractivity contribution in [3.8, 4) is 0 Å². The predicted octanol–water partition coefficient (Wildman–Crippen LogP) is -0.0176. The maximum Gasteiger partial charge on any atom is 0.318 e. The number of carbonyl (C=O) groups is 2. The molecule has 0 aliphatic rings. The maximum atomic E-state index is 11.4. The molecule has 1 heterocycles. The van der Waals surface area contributed by atoms with Crippen LogP contribution in [0.4, 0.5) is 5.13 Å². The highest BCUT2D eigenvalue weighted by Gasteiger charge is 2.36. The normalized spacial score (nSPS) is 11.0. The van der Waals surface area contributed by atoms with Crippen LogP contribution in [0.2, 0.25) is 0 Å². The van der Waals surface area contributed by atoms with Gasteiger partial charge in [0.15, 0.2) is 0 Å². The minimum atomic E-state index is -1.49. The molecule has 0 atom stereocenters. The Morgan fingerprint density at radius 3 is 2.57 bits per heavy atom. The number of hydrogen-bond donors (Lipinski definition) is 2. The van der Waals surface area contributed by atoms with Gasteiger partial charge in [0.25, 0.3) is 0 Å². The Morgan fingerprint density at radius 2 is 2.14 bits per heavy atom. The fraction of sp³-hybridized carbons (Fsp3) is 0.500. The lowest BCUT2D eigenvalue weighted by atomic mass is 9.93. The number of anilines is 1. The summed E-state index contributed by atoms with van der Waals surface area (Å²) in [5.74, 6) is -1.85. The van der Waals surface area contributed by atoms with E-state index in [1.54, 1.807) is 0 Å². The number of aromatic nitrogens is 3. The number of amides is 1. The third-order valence-corrected chi connectivity index (χ3v) is 2.13. The zero-order chi connectivity index (χ0) is 10.8. The number of carboxylic acids is 1. The van der Waals surface area contributed by atoms with Gasteiger partial charge in [0.05, 0.1) is 0 Å². The Hall–Kier alpha value is -1.57. The molecule has 1 rings (SSSR count). The average molecular weight is 216 g/mol. The van der Waals surface area contributed by atoms with Crippen LogP contribution >= 0.6 is 11.5 Å². The standard InChI is InChI=1S/C6H8N4O3S/c1-6(2,4(12)13)3(11)7-5-8-9-10-14-5/h1-2H3,(H,12,13)(H,7,8,10,11). The van der Waals surface area contributed by atoms with Crippen molar-refractivity contribution in [1.82, 2.24) is 14.8 Å². The number of carboxylic acid groups (broad SMARTS) is 1. The zero-order valence-corrected chi connectivity index (χ0v) is 8.33. The van der Waals surface area contributed by atoms with E-state index in [1.165, 1.54) is 13.8 Å². The van der Waals surface area contributed by atoms with E-state index in [2.05, 4.69) is 20.1 Å². The van der Waals surface area contributed by atoms with Crippen LogP contribution in [0.3, 0.4) is 0 Å². The van der Waals surface area contributed by atoms with Crippen molar-refractivity contribution < 1.29 is 14.7 Å². The summed E-state index contributed by atoms with van der Waals surface area (Å²) in [6.45, 7) is 2.61. The molecular weight excluding hydrogens is 208 g/mol. The smallest absolute Gasteiger partial charge is 0.318 e. The van der Waals surface area contributed by atoms with Crippen molar-refractivity contribution in [1.29, 1.82) is 0 Å². The van der Waals surface area contributed by atoms with Crippen LogP contribution in [0.15, 0.2) is 0 Å². The van der Waals surface area contributed by atoms with E-state index in [-0.39, 0.29) is 5.13 Å². The van der Waals surface area contributed by atoms with Crippen molar-refractivity contribution in [3.05, 3.63) is 0 Å². The highest BCUT2D eigenvalue weighted by atomic mass is 32.1. The van der Waals surface area contributed by atoms with Gasteiger partial charge in [0.1, 0.15) is 5.41 Å². The number of rotatable bonds is 3. The average Bonchev–Trinajstić information content (AvgIpc) is 2.56. The van der Waals surface area contributed by atoms with E-state index in [9.17, 15) is 9.59 Å². The van der Waals surface area contributed by atoms with Crippen molar-refractivity contribution in [3.63, 3.8) is 0 Å². The summed E-state index contributed by atoms with van der Waals surface area (Å²) in [6, 6.07) is 0. The Kier molecular flexibility index (Phi) is 2.75. The predicted molar refractivity (Wildman–Crippen MR) is 47.8 cm³/mol. The molecule has 8 heteroatoms. The summed E-state index contributed by atoms with van der Waals surface area (Å²) in [6.07, 6.45) is 0. The SMILES string of the molecule is CC(C)(C(=O)O)C(=O)Nc1nnns1. The molecule has 0 unspecified atom stereocenters. The van der Waals surface area contributed by atoms with Crippen LogP contribution in [0.25, 0.3) is 0 Å². The van der Waals surface area contributed by atoms with Crippen molar-refractivity contribution in [2.45, 2.75) is 13.8 Å². The topological polar surface area (TPSA) is 105 Å². The van der Waals surface area contributed by atoms with Crippen LogP contribution in [-0.4, -0.2) is 31.8 Å². The molecule has 7 nitrogen and oxygen atoms in total. The van der Waals surface area contributed by atoms with Crippen LogP contribution in [0, 0.1) is 5.41 Å². The van der Waals surface area contributed by atoms with Gasteiger partial charge in [0.2, 0.25) is 11.0 Å². The van der Waals surface area contributed by atoms with Gasteiger partial charge in [-0.1, -0.05) is 9.59 Å². The van der Waals surface area contributed by atoms with Crippen LogP contribution in [-0.2, 0) is 9.59 Å². The number of aliphatic carboxylic acids is 1. The molecule has 1 aromatic heterocycles. The highest BCUT2D eigenvalue weighted by molar-refractivity contribution is 7.09. The fourth-order valence-electron chi connectivity index (χ4n) is 0.532. The van der Waals surface area contributed by atoms with E-state index in [0.717, 1.165) is 11.5 Å². The third kappa shape index (κ3) is 2.02. The van der Waals surface area contributed by atoms with Gasteiger partial charge >= 0.3 is 5.97 Å². The number of nitrogens with one attached hydrogen (secondary N) is 1. The Morgan fingerprint density at radius 1 is 1.50 bits per heavy atom. The van der Waals surface area contributed by atoms with Gasteiger partial charge in [-0.3, -0.25) is 14.9 Å². The molecule has 0 aromatic carbocycles. The molecule has 0 saturated heterocycles. The Labute approximate surface area is 83.3 Å². The van der Waals surface area contributed by atoms with Crippen molar-refractivity contribution in [2.75, 3.05) is 5.32 Å². The molecular formula is C6H8N4O3S. The van der Waals surface area contributed by atoms with Gasteiger partial charge in [-0.2, -0.15) is 0 Å². The molecule has 0 saturated carbocycles. The van der Waals surface area contributed by atoms with Crippen molar-refractivity contribution in [2.24, 2.45) is 5.41 Å². The molecule has 1 amide bonds. The third-order valence-electron chi connectivity index (χ3n) is 1.62. The van der Waals surface area contributed by atoms with E-state index in [0.29, 0.717) is 0 Å². The first kappa shape index (κ1) is 10.5.